The molecule has 0 saturated carbocycles. The van der Waals surface area contributed by atoms with E-state index in [0.29, 0.717) is 0 Å². The van der Waals surface area contributed by atoms with E-state index >= 15 is 0 Å². The first-order chi connectivity index (χ1) is 22.3. The third-order valence-corrected chi connectivity index (χ3v) is 9.20. The molecule has 9 rings (SSSR count). The molecule has 0 unspecified atom stereocenters. The Bertz CT molecular complexity index is 2370. The van der Waals surface area contributed by atoms with Crippen LogP contribution in [-0.4, -0.2) is 14.5 Å². The Labute approximate surface area is 262 Å². The van der Waals surface area contributed by atoms with Gasteiger partial charge in [-0.2, -0.15) is 0 Å². The van der Waals surface area contributed by atoms with Gasteiger partial charge in [-0.1, -0.05) is 103 Å². The summed E-state index contributed by atoms with van der Waals surface area (Å²) in [4.78, 5) is 9.85. The van der Waals surface area contributed by atoms with E-state index in [1.807, 2.05) is 12.3 Å². The van der Waals surface area contributed by atoms with Gasteiger partial charge in [0.25, 0.3) is 0 Å². The number of benzene rings is 5. The lowest BCUT2D eigenvalue weighted by Gasteiger charge is -2.20. The van der Waals surface area contributed by atoms with Crippen LogP contribution in [0, 0.1) is 0 Å². The summed E-state index contributed by atoms with van der Waals surface area (Å²) in [5, 5.41) is 2.47. The standard InChI is InChI=1S/C42H29N3/c1-2-9-28(10-3-1)33-20-22-39(43-26-33)32-19-21-37-36-15-6-7-16-41(36)45(42(37)25-32)34-13-8-12-31(23-34)40-24-30-18-17-29-11-4-5-14-35(29)38(30)27-44-40/h1-16,19-27H,17-18H2. The van der Waals surface area contributed by atoms with E-state index in [1.165, 1.54) is 44.1 Å². The predicted octanol–water partition coefficient (Wildman–Crippen LogP) is 10.3. The predicted molar refractivity (Wildman–Crippen MR) is 186 cm³/mol. The van der Waals surface area contributed by atoms with Crippen LogP contribution >= 0.6 is 0 Å². The zero-order valence-electron chi connectivity index (χ0n) is 24.7. The lowest BCUT2D eigenvalue weighted by atomic mass is 9.86. The molecule has 0 atom stereocenters. The molecular weight excluding hydrogens is 546 g/mol. The van der Waals surface area contributed by atoms with Crippen LogP contribution in [0.1, 0.15) is 11.1 Å². The highest BCUT2D eigenvalue weighted by atomic mass is 15.0. The molecule has 3 heteroatoms. The van der Waals surface area contributed by atoms with E-state index in [9.17, 15) is 0 Å². The fraction of sp³-hybridized carbons (Fsp3) is 0.0476. The second kappa shape index (κ2) is 10.4. The molecular formula is C42H29N3. The van der Waals surface area contributed by atoms with Gasteiger partial charge >= 0.3 is 0 Å². The largest absolute Gasteiger partial charge is 0.309 e. The number of aryl methyl sites for hydroxylation is 2. The summed E-state index contributed by atoms with van der Waals surface area (Å²) < 4.78 is 2.38. The molecule has 0 radical (unpaired) electrons. The van der Waals surface area contributed by atoms with Gasteiger partial charge in [0.15, 0.2) is 0 Å². The second-order valence-electron chi connectivity index (χ2n) is 11.8. The van der Waals surface area contributed by atoms with E-state index in [4.69, 9.17) is 9.97 Å². The van der Waals surface area contributed by atoms with Crippen LogP contribution in [0.15, 0.2) is 152 Å². The lowest BCUT2D eigenvalue weighted by molar-refractivity contribution is 0.937. The average Bonchev–Trinajstić information content (AvgIpc) is 3.45. The van der Waals surface area contributed by atoms with Crippen LogP contribution in [0.3, 0.4) is 0 Å². The Morgan fingerprint density at radius 1 is 0.422 bits per heavy atom. The average molecular weight is 576 g/mol. The Balaban J connectivity index is 1.15. The van der Waals surface area contributed by atoms with Crippen molar-refractivity contribution in [2.75, 3.05) is 0 Å². The molecule has 5 aromatic carbocycles. The molecule has 0 bridgehead atoms. The van der Waals surface area contributed by atoms with Crippen molar-refractivity contribution in [2.24, 2.45) is 0 Å². The Morgan fingerprint density at radius 2 is 1.16 bits per heavy atom. The highest BCUT2D eigenvalue weighted by molar-refractivity contribution is 6.10. The summed E-state index contributed by atoms with van der Waals surface area (Å²) in [6, 6.07) is 49.9. The number of para-hydroxylation sites is 1. The number of hydrogen-bond donors (Lipinski definition) is 0. The zero-order chi connectivity index (χ0) is 29.7. The van der Waals surface area contributed by atoms with Gasteiger partial charge in [0.2, 0.25) is 0 Å². The Hall–Kier alpha value is -5.80. The molecule has 3 aromatic heterocycles. The summed E-state index contributed by atoms with van der Waals surface area (Å²) >= 11 is 0. The van der Waals surface area contributed by atoms with Gasteiger partial charge in [0.1, 0.15) is 0 Å². The van der Waals surface area contributed by atoms with Gasteiger partial charge in [-0.3, -0.25) is 9.97 Å². The van der Waals surface area contributed by atoms with Crippen LogP contribution < -0.4 is 0 Å². The molecule has 1 aliphatic carbocycles. The van der Waals surface area contributed by atoms with Crippen molar-refractivity contribution < 1.29 is 0 Å². The molecule has 0 amide bonds. The first-order valence-corrected chi connectivity index (χ1v) is 15.5. The van der Waals surface area contributed by atoms with Crippen LogP contribution in [-0.2, 0) is 12.8 Å². The van der Waals surface area contributed by atoms with Crippen molar-refractivity contribution in [1.29, 1.82) is 0 Å². The maximum atomic E-state index is 4.97. The first kappa shape index (κ1) is 25.7. The molecule has 1 aliphatic rings. The van der Waals surface area contributed by atoms with Gasteiger partial charge in [-0.15, -0.1) is 0 Å². The van der Waals surface area contributed by atoms with Crippen molar-refractivity contribution >= 4 is 21.8 Å². The fourth-order valence-corrected chi connectivity index (χ4v) is 6.95. The van der Waals surface area contributed by atoms with E-state index < -0.39 is 0 Å². The molecule has 0 aliphatic heterocycles. The molecule has 0 saturated heterocycles. The first-order valence-electron chi connectivity index (χ1n) is 15.5. The van der Waals surface area contributed by atoms with Crippen LogP contribution in [0.2, 0.25) is 0 Å². The number of pyridine rings is 2. The molecule has 3 nitrogen and oxygen atoms in total. The van der Waals surface area contributed by atoms with Crippen molar-refractivity contribution in [3.05, 3.63) is 163 Å². The molecule has 212 valence electrons. The molecule has 3 heterocycles. The van der Waals surface area contributed by atoms with E-state index in [0.717, 1.165) is 52.1 Å². The van der Waals surface area contributed by atoms with Gasteiger partial charge in [-0.05, 0) is 71.5 Å². The highest BCUT2D eigenvalue weighted by Gasteiger charge is 2.18. The third-order valence-electron chi connectivity index (χ3n) is 9.20. The van der Waals surface area contributed by atoms with Crippen molar-refractivity contribution in [1.82, 2.24) is 14.5 Å². The van der Waals surface area contributed by atoms with Gasteiger partial charge in [0.05, 0.1) is 22.4 Å². The van der Waals surface area contributed by atoms with E-state index in [1.54, 1.807) is 0 Å². The number of rotatable bonds is 4. The van der Waals surface area contributed by atoms with Crippen LogP contribution in [0.5, 0.6) is 0 Å². The minimum Gasteiger partial charge on any atom is -0.309 e. The maximum absolute atomic E-state index is 4.97. The summed E-state index contributed by atoms with van der Waals surface area (Å²) in [5.41, 5.74) is 15.3. The monoisotopic (exact) mass is 575 g/mol. The normalized spacial score (nSPS) is 12.3. The van der Waals surface area contributed by atoms with E-state index in [2.05, 4.69) is 144 Å². The second-order valence-corrected chi connectivity index (χ2v) is 11.8. The van der Waals surface area contributed by atoms with Crippen molar-refractivity contribution in [3.63, 3.8) is 0 Å². The van der Waals surface area contributed by atoms with Crippen LogP contribution in [0.25, 0.3) is 72.3 Å². The zero-order valence-corrected chi connectivity index (χ0v) is 24.7. The van der Waals surface area contributed by atoms with Crippen molar-refractivity contribution in [2.45, 2.75) is 12.8 Å². The van der Waals surface area contributed by atoms with Crippen LogP contribution in [0.4, 0.5) is 0 Å². The topological polar surface area (TPSA) is 30.7 Å². The molecule has 0 spiro atoms. The molecule has 45 heavy (non-hydrogen) atoms. The maximum Gasteiger partial charge on any atom is 0.0705 e. The number of nitrogens with zero attached hydrogens (tertiary/aromatic N) is 3. The number of fused-ring (bicyclic) bond motifs is 6. The van der Waals surface area contributed by atoms with E-state index in [-0.39, 0.29) is 0 Å². The number of aromatic nitrogens is 3. The third kappa shape index (κ3) is 4.36. The fourth-order valence-electron chi connectivity index (χ4n) is 6.95. The molecule has 0 fully saturated rings. The number of hydrogen-bond acceptors (Lipinski definition) is 2. The van der Waals surface area contributed by atoms with Gasteiger partial charge in [-0.25, -0.2) is 0 Å². The molecule has 8 aromatic rings. The van der Waals surface area contributed by atoms with Gasteiger partial charge < -0.3 is 4.57 Å². The molecule has 0 N–H and O–H groups in total. The summed E-state index contributed by atoms with van der Waals surface area (Å²) in [7, 11) is 0. The highest BCUT2D eigenvalue weighted by Crippen LogP contribution is 2.37. The smallest absolute Gasteiger partial charge is 0.0705 e. The Morgan fingerprint density at radius 3 is 2.07 bits per heavy atom. The lowest BCUT2D eigenvalue weighted by Crippen LogP contribution is -2.05. The Kier molecular flexibility index (Phi) is 5.95. The minimum absolute atomic E-state index is 0.960. The minimum atomic E-state index is 0.960. The summed E-state index contributed by atoms with van der Waals surface area (Å²) in [5.74, 6) is 0. The SMILES string of the molecule is c1ccc(-c2ccc(-c3ccc4c5ccccc5n(-c5cccc(-c6cc7c(cn6)-c6ccccc6CC7)c5)c4c3)nc2)cc1. The quantitative estimate of drug-likeness (QED) is 0.209. The van der Waals surface area contributed by atoms with Crippen molar-refractivity contribution in [3.8, 4) is 50.5 Å². The summed E-state index contributed by atoms with van der Waals surface area (Å²) in [6.45, 7) is 0. The van der Waals surface area contributed by atoms with Gasteiger partial charge in [0, 0.05) is 51.1 Å². The summed E-state index contributed by atoms with van der Waals surface area (Å²) in [6.07, 6.45) is 6.15.